The van der Waals surface area contributed by atoms with Crippen molar-refractivity contribution in [1.29, 1.82) is 0 Å². The van der Waals surface area contributed by atoms with Gasteiger partial charge in [-0.3, -0.25) is 0 Å². The summed E-state index contributed by atoms with van der Waals surface area (Å²) in [6.45, 7) is 5.89. The van der Waals surface area contributed by atoms with Gasteiger partial charge in [-0.05, 0) is 11.6 Å². The first kappa shape index (κ1) is 16.2. The Bertz CT molecular complexity index is 728. The van der Waals surface area contributed by atoms with Gasteiger partial charge < -0.3 is 10.2 Å². The van der Waals surface area contributed by atoms with Gasteiger partial charge in [-0.15, -0.1) is 11.3 Å². The van der Waals surface area contributed by atoms with Gasteiger partial charge in [0, 0.05) is 11.8 Å². The molecule has 0 aliphatic rings. The third-order valence-electron chi connectivity index (χ3n) is 3.14. The number of hydrogen-bond donors (Lipinski definition) is 2. The highest BCUT2D eigenvalue weighted by atomic mass is 32.1. The molecule has 1 aromatic carbocycles. The number of aromatic carboxylic acids is 2. The van der Waals surface area contributed by atoms with Crippen LogP contribution in [0.4, 0.5) is 0 Å². The highest BCUT2D eigenvalue weighted by molar-refractivity contribution is 7.13. The van der Waals surface area contributed by atoms with Crippen LogP contribution >= 0.6 is 11.3 Å². The van der Waals surface area contributed by atoms with Crippen molar-refractivity contribution in [2.45, 2.75) is 32.6 Å². The largest absolute Gasteiger partial charge is 0.478 e. The molecule has 0 bridgehead atoms. The monoisotopic (exact) mass is 319 g/mol. The zero-order valence-electron chi connectivity index (χ0n) is 12.6. The molecule has 22 heavy (non-hydrogen) atoms. The zero-order valence-corrected chi connectivity index (χ0v) is 13.4. The summed E-state index contributed by atoms with van der Waals surface area (Å²) in [6.07, 6.45) is 0.191. The lowest BCUT2D eigenvalue weighted by molar-refractivity contribution is 0.0688. The summed E-state index contributed by atoms with van der Waals surface area (Å²) in [5.74, 6) is -2.06. The van der Waals surface area contributed by atoms with Crippen LogP contribution < -0.4 is 0 Å². The second-order valence-corrected chi connectivity index (χ2v) is 6.99. The standard InChI is InChI=1S/C16H17NO4S/c1-16(2,3)15-17-11(12(22-15)14(20)21)8-9-6-4-5-7-10(9)13(18)19/h4-7H,8H2,1-3H3,(H,18,19)(H,20,21). The summed E-state index contributed by atoms with van der Waals surface area (Å²) < 4.78 is 0. The van der Waals surface area contributed by atoms with Crippen LogP contribution in [-0.2, 0) is 11.8 Å². The van der Waals surface area contributed by atoms with E-state index in [0.717, 1.165) is 16.3 Å². The molecule has 0 unspecified atom stereocenters. The number of aromatic nitrogens is 1. The van der Waals surface area contributed by atoms with Crippen molar-refractivity contribution in [3.8, 4) is 0 Å². The highest BCUT2D eigenvalue weighted by Crippen LogP contribution is 2.31. The minimum atomic E-state index is -1.03. The second kappa shape index (κ2) is 5.88. The number of carboxylic acids is 2. The Labute approximate surface area is 132 Å². The first-order valence-corrected chi connectivity index (χ1v) is 7.56. The molecule has 1 heterocycles. The van der Waals surface area contributed by atoms with E-state index in [0.29, 0.717) is 11.3 Å². The lowest BCUT2D eigenvalue weighted by Crippen LogP contribution is -2.10. The number of benzene rings is 1. The Morgan fingerprint density at radius 1 is 1.14 bits per heavy atom. The summed E-state index contributed by atoms with van der Waals surface area (Å²) in [5, 5.41) is 19.3. The Morgan fingerprint density at radius 2 is 1.77 bits per heavy atom. The van der Waals surface area contributed by atoms with E-state index in [1.165, 1.54) is 6.07 Å². The summed E-state index contributed by atoms with van der Waals surface area (Å²) in [6, 6.07) is 6.58. The van der Waals surface area contributed by atoms with Gasteiger partial charge >= 0.3 is 11.9 Å². The maximum absolute atomic E-state index is 11.4. The van der Waals surface area contributed by atoms with E-state index < -0.39 is 11.9 Å². The summed E-state index contributed by atoms with van der Waals surface area (Å²) in [5.41, 5.74) is 0.892. The summed E-state index contributed by atoms with van der Waals surface area (Å²) in [7, 11) is 0. The van der Waals surface area contributed by atoms with Gasteiger partial charge in [0.2, 0.25) is 0 Å². The van der Waals surface area contributed by atoms with Gasteiger partial charge in [-0.2, -0.15) is 0 Å². The lowest BCUT2D eigenvalue weighted by atomic mass is 9.98. The number of carbonyl (C=O) groups is 2. The van der Waals surface area contributed by atoms with E-state index >= 15 is 0 Å². The molecular weight excluding hydrogens is 302 g/mol. The average Bonchev–Trinajstić information content (AvgIpc) is 2.83. The molecule has 5 nitrogen and oxygen atoms in total. The van der Waals surface area contributed by atoms with Gasteiger partial charge in [0.15, 0.2) is 0 Å². The maximum atomic E-state index is 11.4. The van der Waals surface area contributed by atoms with E-state index in [2.05, 4.69) is 4.98 Å². The SMILES string of the molecule is CC(C)(C)c1nc(Cc2ccccc2C(=O)O)c(C(=O)O)s1. The fourth-order valence-electron chi connectivity index (χ4n) is 2.02. The predicted octanol–water partition coefficient (Wildman–Crippen LogP) is 3.43. The molecule has 1 aromatic heterocycles. The Balaban J connectivity index is 2.48. The van der Waals surface area contributed by atoms with Crippen LogP contribution in [0.2, 0.25) is 0 Å². The van der Waals surface area contributed by atoms with Crippen molar-refractivity contribution in [2.75, 3.05) is 0 Å². The van der Waals surface area contributed by atoms with Crippen molar-refractivity contribution in [2.24, 2.45) is 0 Å². The van der Waals surface area contributed by atoms with Crippen LogP contribution in [-0.4, -0.2) is 27.1 Å². The van der Waals surface area contributed by atoms with E-state index in [4.69, 9.17) is 0 Å². The fourth-order valence-corrected chi connectivity index (χ4v) is 3.00. The molecule has 0 saturated carbocycles. The molecule has 0 aliphatic carbocycles. The van der Waals surface area contributed by atoms with E-state index in [9.17, 15) is 19.8 Å². The Kier molecular flexibility index (Phi) is 4.32. The molecule has 0 atom stereocenters. The van der Waals surface area contributed by atoms with E-state index in [1.807, 2.05) is 20.8 Å². The first-order chi connectivity index (χ1) is 10.2. The fraction of sp³-hybridized carbons (Fsp3) is 0.312. The number of thiazole rings is 1. The van der Waals surface area contributed by atoms with Crippen LogP contribution in [0.15, 0.2) is 24.3 Å². The van der Waals surface area contributed by atoms with Crippen LogP contribution in [0, 0.1) is 0 Å². The van der Waals surface area contributed by atoms with Gasteiger partial charge in [-0.25, -0.2) is 14.6 Å². The molecule has 116 valence electrons. The van der Waals surface area contributed by atoms with Crippen molar-refractivity contribution < 1.29 is 19.8 Å². The van der Waals surface area contributed by atoms with Gasteiger partial charge in [0.05, 0.1) is 16.3 Å². The normalized spacial score (nSPS) is 11.4. The van der Waals surface area contributed by atoms with Crippen LogP contribution in [0.3, 0.4) is 0 Å². The molecule has 2 rings (SSSR count). The minimum absolute atomic E-state index is 0.171. The number of carboxylic acid groups (broad SMARTS) is 2. The quantitative estimate of drug-likeness (QED) is 0.901. The Morgan fingerprint density at radius 3 is 2.32 bits per heavy atom. The minimum Gasteiger partial charge on any atom is -0.478 e. The number of nitrogens with zero attached hydrogens (tertiary/aromatic N) is 1. The lowest BCUT2D eigenvalue weighted by Gasteiger charge is -2.13. The van der Waals surface area contributed by atoms with Crippen molar-refractivity contribution in [1.82, 2.24) is 4.98 Å². The van der Waals surface area contributed by atoms with Crippen molar-refractivity contribution in [3.63, 3.8) is 0 Å². The average molecular weight is 319 g/mol. The molecule has 0 amide bonds. The molecule has 0 radical (unpaired) electrons. The van der Waals surface area contributed by atoms with Crippen LogP contribution in [0.1, 0.15) is 57.1 Å². The van der Waals surface area contributed by atoms with Crippen LogP contribution in [0.25, 0.3) is 0 Å². The number of rotatable bonds is 4. The number of hydrogen-bond acceptors (Lipinski definition) is 4. The third-order valence-corrected chi connectivity index (χ3v) is 4.65. The Hall–Kier alpha value is -2.21. The molecular formula is C16H17NO4S. The second-order valence-electron chi connectivity index (χ2n) is 5.99. The smallest absolute Gasteiger partial charge is 0.347 e. The molecule has 2 N–H and O–H groups in total. The highest BCUT2D eigenvalue weighted by Gasteiger charge is 2.25. The predicted molar refractivity (Wildman–Crippen MR) is 84.0 cm³/mol. The van der Waals surface area contributed by atoms with Gasteiger partial charge in [0.1, 0.15) is 4.88 Å². The topological polar surface area (TPSA) is 87.5 Å². The zero-order chi connectivity index (χ0) is 16.5. The maximum Gasteiger partial charge on any atom is 0.347 e. The van der Waals surface area contributed by atoms with Gasteiger partial charge in [-0.1, -0.05) is 39.0 Å². The molecule has 0 aliphatic heterocycles. The molecule has 0 fully saturated rings. The molecule has 6 heteroatoms. The molecule has 0 saturated heterocycles. The first-order valence-electron chi connectivity index (χ1n) is 6.75. The van der Waals surface area contributed by atoms with E-state index in [1.54, 1.807) is 18.2 Å². The van der Waals surface area contributed by atoms with Crippen molar-refractivity contribution >= 4 is 23.3 Å². The van der Waals surface area contributed by atoms with Gasteiger partial charge in [0.25, 0.3) is 0 Å². The third kappa shape index (κ3) is 3.33. The summed E-state index contributed by atoms with van der Waals surface area (Å²) in [4.78, 5) is 27.3. The van der Waals surface area contributed by atoms with Crippen LogP contribution in [0.5, 0.6) is 0 Å². The molecule has 2 aromatic rings. The molecule has 0 spiro atoms. The van der Waals surface area contributed by atoms with Crippen molar-refractivity contribution in [3.05, 3.63) is 51.0 Å². The summed E-state index contributed by atoms with van der Waals surface area (Å²) >= 11 is 1.15. The van der Waals surface area contributed by atoms with E-state index in [-0.39, 0.29) is 22.3 Å².